The number of piperidine rings is 1. The van der Waals surface area contributed by atoms with Crippen LogP contribution < -0.4 is 5.56 Å². The average molecular weight is 451 g/mol. The van der Waals surface area contributed by atoms with Gasteiger partial charge in [-0.2, -0.15) is 0 Å². The van der Waals surface area contributed by atoms with E-state index in [4.69, 9.17) is 9.51 Å². The summed E-state index contributed by atoms with van der Waals surface area (Å²) in [6.07, 6.45) is 7.57. The molecule has 2 aromatic heterocycles. The Morgan fingerprint density at radius 3 is 2.85 bits per heavy atom. The number of aromatic nitrogens is 3. The fourth-order valence-corrected chi connectivity index (χ4v) is 5.51. The van der Waals surface area contributed by atoms with Crippen LogP contribution in [0.4, 0.5) is 4.39 Å². The summed E-state index contributed by atoms with van der Waals surface area (Å²) in [5, 5.41) is 5.15. The molecule has 0 amide bonds. The number of aryl methyl sites for hydroxylation is 1. The molecule has 1 atom stereocenters. The van der Waals surface area contributed by atoms with E-state index >= 15 is 0 Å². The van der Waals surface area contributed by atoms with Crippen LogP contribution in [0.1, 0.15) is 66.7 Å². The topological polar surface area (TPSA) is 64.2 Å². The third-order valence-electron chi connectivity index (χ3n) is 7.36. The van der Waals surface area contributed by atoms with Crippen molar-refractivity contribution >= 4 is 11.0 Å². The van der Waals surface area contributed by atoms with E-state index in [1.54, 1.807) is 6.07 Å². The number of allylic oxidation sites excluding steroid dienone is 1. The molecular weight excluding hydrogens is 419 g/mol. The number of fused-ring (bicyclic) bond motifs is 2. The number of nitrogens with zero attached hydrogens (tertiary/aromatic N) is 4. The highest BCUT2D eigenvalue weighted by atomic mass is 19.1. The van der Waals surface area contributed by atoms with Crippen LogP contribution in [0.25, 0.3) is 11.0 Å². The minimum atomic E-state index is -0.306. The molecular formula is C26H31FN4O2. The highest BCUT2D eigenvalue weighted by molar-refractivity contribution is 5.79. The number of benzene rings is 1. The summed E-state index contributed by atoms with van der Waals surface area (Å²) >= 11 is 0. The Morgan fingerprint density at radius 1 is 1.24 bits per heavy atom. The highest BCUT2D eigenvalue weighted by Crippen LogP contribution is 2.33. The smallest absolute Gasteiger partial charge is 0.256 e. The van der Waals surface area contributed by atoms with Crippen molar-refractivity contribution < 1.29 is 8.91 Å². The zero-order valence-corrected chi connectivity index (χ0v) is 19.2. The molecule has 174 valence electrons. The van der Waals surface area contributed by atoms with Gasteiger partial charge in [0, 0.05) is 47.6 Å². The SMILES string of the molecule is C=CCC1CCCn2c1nc(C)c(CCN1CCC(c3noc4cc(F)ccc34)CC1)c2=O. The first kappa shape index (κ1) is 22.0. The molecule has 6 nitrogen and oxygen atoms in total. The van der Waals surface area contributed by atoms with Crippen molar-refractivity contribution in [3.8, 4) is 0 Å². The zero-order chi connectivity index (χ0) is 22.9. The minimum Gasteiger partial charge on any atom is -0.356 e. The van der Waals surface area contributed by atoms with Crippen LogP contribution in [0.2, 0.25) is 0 Å². The lowest BCUT2D eigenvalue weighted by Crippen LogP contribution is -2.37. The van der Waals surface area contributed by atoms with Gasteiger partial charge in [0.25, 0.3) is 5.56 Å². The normalized spacial score (nSPS) is 19.6. The second-order valence-corrected chi connectivity index (χ2v) is 9.43. The Hall–Kier alpha value is -2.80. The van der Waals surface area contributed by atoms with Crippen molar-refractivity contribution in [2.75, 3.05) is 19.6 Å². The molecule has 33 heavy (non-hydrogen) atoms. The number of likely N-dealkylation sites (tertiary alicyclic amines) is 1. The summed E-state index contributed by atoms with van der Waals surface area (Å²) in [7, 11) is 0. The molecule has 7 heteroatoms. The summed E-state index contributed by atoms with van der Waals surface area (Å²) in [6.45, 7) is 9.35. The van der Waals surface area contributed by atoms with Gasteiger partial charge in [0.15, 0.2) is 5.58 Å². The fraction of sp³-hybridized carbons (Fsp3) is 0.500. The van der Waals surface area contributed by atoms with Crippen molar-refractivity contribution in [3.05, 3.63) is 69.8 Å². The van der Waals surface area contributed by atoms with E-state index in [2.05, 4.69) is 16.6 Å². The molecule has 2 aliphatic rings. The largest absolute Gasteiger partial charge is 0.356 e. The molecule has 0 N–H and O–H groups in total. The maximum absolute atomic E-state index is 13.4. The van der Waals surface area contributed by atoms with E-state index in [9.17, 15) is 9.18 Å². The Bertz CT molecular complexity index is 1220. The van der Waals surface area contributed by atoms with E-state index in [0.29, 0.717) is 17.4 Å². The monoisotopic (exact) mass is 450 g/mol. The van der Waals surface area contributed by atoms with Gasteiger partial charge in [-0.05, 0) is 70.7 Å². The molecule has 0 radical (unpaired) electrons. The lowest BCUT2D eigenvalue weighted by Gasteiger charge is -2.31. The first-order valence-corrected chi connectivity index (χ1v) is 12.0. The van der Waals surface area contributed by atoms with Crippen molar-refractivity contribution in [1.29, 1.82) is 0 Å². The molecule has 4 heterocycles. The second-order valence-electron chi connectivity index (χ2n) is 9.43. The molecule has 0 spiro atoms. The summed E-state index contributed by atoms with van der Waals surface area (Å²) < 4.78 is 20.7. The standard InChI is InChI=1S/C26H31FN4O2/c1-3-5-19-6-4-12-31-25(19)28-17(2)21(26(31)32)11-15-30-13-9-18(10-14-30)24-22-8-7-20(27)16-23(22)33-29-24/h3,7-8,16,18-19H,1,4-6,9-15H2,2H3. The molecule has 3 aromatic rings. The van der Waals surface area contributed by atoms with Gasteiger partial charge in [-0.15, -0.1) is 6.58 Å². The fourth-order valence-electron chi connectivity index (χ4n) is 5.51. The van der Waals surface area contributed by atoms with Crippen LogP contribution in [-0.4, -0.2) is 39.2 Å². The molecule has 0 aliphatic carbocycles. The van der Waals surface area contributed by atoms with E-state index in [1.807, 2.05) is 17.6 Å². The molecule has 1 saturated heterocycles. The van der Waals surface area contributed by atoms with Gasteiger partial charge in [0.05, 0.1) is 5.69 Å². The Kier molecular flexibility index (Phi) is 6.15. The molecule has 2 aliphatic heterocycles. The third-order valence-corrected chi connectivity index (χ3v) is 7.36. The molecule has 0 saturated carbocycles. The summed E-state index contributed by atoms with van der Waals surface area (Å²) in [4.78, 5) is 20.5. The summed E-state index contributed by atoms with van der Waals surface area (Å²) in [5.41, 5.74) is 3.32. The van der Waals surface area contributed by atoms with Crippen molar-refractivity contribution in [2.45, 2.75) is 63.8 Å². The van der Waals surface area contributed by atoms with Gasteiger partial charge in [-0.25, -0.2) is 9.37 Å². The second kappa shape index (κ2) is 9.21. The first-order valence-electron chi connectivity index (χ1n) is 12.0. The highest BCUT2D eigenvalue weighted by Gasteiger charge is 2.27. The zero-order valence-electron chi connectivity index (χ0n) is 19.2. The molecule has 1 aromatic carbocycles. The first-order chi connectivity index (χ1) is 16.0. The van der Waals surface area contributed by atoms with E-state index < -0.39 is 0 Å². The Balaban J connectivity index is 1.24. The predicted octanol–water partition coefficient (Wildman–Crippen LogP) is 4.71. The van der Waals surface area contributed by atoms with E-state index in [1.165, 1.54) is 12.1 Å². The van der Waals surface area contributed by atoms with Gasteiger partial charge >= 0.3 is 0 Å². The van der Waals surface area contributed by atoms with Gasteiger partial charge in [-0.1, -0.05) is 11.2 Å². The average Bonchev–Trinajstić information content (AvgIpc) is 3.23. The Labute approximate surface area is 193 Å². The summed E-state index contributed by atoms with van der Waals surface area (Å²) in [5.74, 6) is 1.25. The summed E-state index contributed by atoms with van der Waals surface area (Å²) in [6, 6.07) is 4.63. The maximum atomic E-state index is 13.4. The van der Waals surface area contributed by atoms with Crippen LogP contribution >= 0.6 is 0 Å². The molecule has 0 bridgehead atoms. The number of hydrogen-bond acceptors (Lipinski definition) is 5. The van der Waals surface area contributed by atoms with Crippen molar-refractivity contribution in [3.63, 3.8) is 0 Å². The van der Waals surface area contributed by atoms with Gasteiger partial charge in [0.1, 0.15) is 11.6 Å². The van der Waals surface area contributed by atoms with Crippen LogP contribution in [0.15, 0.2) is 40.2 Å². The molecule has 5 rings (SSSR count). The van der Waals surface area contributed by atoms with Crippen molar-refractivity contribution in [2.24, 2.45) is 0 Å². The van der Waals surface area contributed by atoms with Crippen LogP contribution in [0, 0.1) is 12.7 Å². The van der Waals surface area contributed by atoms with E-state index in [-0.39, 0.29) is 11.4 Å². The van der Waals surface area contributed by atoms with E-state index in [0.717, 1.165) is 92.9 Å². The van der Waals surface area contributed by atoms with Gasteiger partial charge < -0.3 is 9.42 Å². The predicted molar refractivity (Wildman–Crippen MR) is 126 cm³/mol. The lowest BCUT2D eigenvalue weighted by molar-refractivity contribution is 0.211. The third kappa shape index (κ3) is 4.26. The maximum Gasteiger partial charge on any atom is 0.256 e. The molecule has 1 fully saturated rings. The van der Waals surface area contributed by atoms with Crippen LogP contribution in [0.5, 0.6) is 0 Å². The van der Waals surface area contributed by atoms with Crippen LogP contribution in [0.3, 0.4) is 0 Å². The van der Waals surface area contributed by atoms with Crippen molar-refractivity contribution in [1.82, 2.24) is 19.6 Å². The van der Waals surface area contributed by atoms with Gasteiger partial charge in [0.2, 0.25) is 0 Å². The quantitative estimate of drug-likeness (QED) is 0.509. The molecule has 1 unspecified atom stereocenters. The van der Waals surface area contributed by atoms with Gasteiger partial charge in [-0.3, -0.25) is 9.36 Å². The minimum absolute atomic E-state index is 0.141. The van der Waals surface area contributed by atoms with Crippen LogP contribution in [-0.2, 0) is 13.0 Å². The number of hydrogen-bond donors (Lipinski definition) is 0. The Morgan fingerprint density at radius 2 is 2.06 bits per heavy atom. The number of halogens is 1. The lowest BCUT2D eigenvalue weighted by atomic mass is 9.91. The number of rotatable bonds is 6.